The van der Waals surface area contributed by atoms with Crippen LogP contribution in [-0.4, -0.2) is 28.9 Å². The Morgan fingerprint density at radius 2 is 2.13 bits per heavy atom. The van der Waals surface area contributed by atoms with E-state index in [-0.39, 0.29) is 29.8 Å². The van der Waals surface area contributed by atoms with E-state index >= 15 is 0 Å². The van der Waals surface area contributed by atoms with E-state index in [0.717, 1.165) is 12.8 Å². The molecule has 0 saturated heterocycles. The predicted molar refractivity (Wildman–Crippen MR) is 114 cm³/mol. The van der Waals surface area contributed by atoms with E-state index in [1.54, 1.807) is 30.5 Å². The SMILES string of the molecule is CC1=CC[C@@H]2[C@](C)(CO)[C@H](O)CC[C@@]2(C)[C@@H]1/C=C/C1=CC(=C/c2ccco2)/OC1=O. The number of hydrogen-bond donors (Lipinski definition) is 2. The second kappa shape index (κ2) is 7.71. The van der Waals surface area contributed by atoms with Crippen LogP contribution in [0.25, 0.3) is 6.08 Å². The van der Waals surface area contributed by atoms with E-state index in [4.69, 9.17) is 9.15 Å². The molecule has 4 rings (SSSR count). The molecule has 0 bridgehead atoms. The first-order valence-corrected chi connectivity index (χ1v) is 10.6. The van der Waals surface area contributed by atoms with Gasteiger partial charge in [0.05, 0.1) is 24.5 Å². The highest BCUT2D eigenvalue weighted by atomic mass is 16.5. The minimum Gasteiger partial charge on any atom is -0.465 e. The molecule has 1 fully saturated rings. The molecule has 0 radical (unpaired) electrons. The number of carbonyl (C=O) groups excluding carboxylic acids is 1. The Hall–Kier alpha value is -2.37. The minimum absolute atomic E-state index is 0.0316. The van der Waals surface area contributed by atoms with Crippen LogP contribution in [0.2, 0.25) is 0 Å². The average molecular weight is 411 g/mol. The zero-order chi connectivity index (χ0) is 21.5. The van der Waals surface area contributed by atoms with Crippen LogP contribution in [0.4, 0.5) is 0 Å². The van der Waals surface area contributed by atoms with Crippen molar-refractivity contribution in [1.82, 2.24) is 0 Å². The van der Waals surface area contributed by atoms with Gasteiger partial charge in [0.15, 0.2) is 0 Å². The van der Waals surface area contributed by atoms with Gasteiger partial charge in [-0.1, -0.05) is 37.6 Å². The molecule has 3 aliphatic rings. The first kappa shape index (κ1) is 20.9. The lowest BCUT2D eigenvalue weighted by atomic mass is 9.47. The Labute approximate surface area is 177 Å². The maximum Gasteiger partial charge on any atom is 0.343 e. The summed E-state index contributed by atoms with van der Waals surface area (Å²) in [6.07, 6.45) is 13.0. The van der Waals surface area contributed by atoms with E-state index in [1.807, 2.05) is 13.0 Å². The Kier molecular flexibility index (Phi) is 5.37. The van der Waals surface area contributed by atoms with E-state index in [1.165, 1.54) is 5.57 Å². The van der Waals surface area contributed by atoms with Crippen molar-refractivity contribution < 1.29 is 24.2 Å². The smallest absolute Gasteiger partial charge is 0.343 e. The van der Waals surface area contributed by atoms with Gasteiger partial charge in [0.25, 0.3) is 0 Å². The molecule has 160 valence electrons. The molecule has 1 aromatic rings. The third-order valence-corrected chi connectivity index (χ3v) is 7.57. The molecular formula is C25H30O5. The molecule has 5 nitrogen and oxygen atoms in total. The second-order valence-corrected chi connectivity index (χ2v) is 9.35. The zero-order valence-electron chi connectivity index (χ0n) is 17.8. The number of fused-ring (bicyclic) bond motifs is 1. The number of allylic oxidation sites excluding steroid dienone is 4. The number of hydrogen-bond acceptors (Lipinski definition) is 5. The highest BCUT2D eigenvalue weighted by molar-refractivity contribution is 5.96. The first-order valence-electron chi connectivity index (χ1n) is 10.6. The highest BCUT2D eigenvalue weighted by Gasteiger charge is 2.56. The maximum atomic E-state index is 12.3. The second-order valence-electron chi connectivity index (χ2n) is 9.35. The predicted octanol–water partition coefficient (Wildman–Crippen LogP) is 4.40. The molecule has 1 aliphatic heterocycles. The van der Waals surface area contributed by atoms with Crippen LogP contribution in [-0.2, 0) is 9.53 Å². The number of aliphatic hydroxyl groups is 2. The molecule has 0 aromatic carbocycles. The van der Waals surface area contributed by atoms with Crippen molar-refractivity contribution in [1.29, 1.82) is 0 Å². The lowest BCUT2D eigenvalue weighted by Crippen LogP contribution is -2.56. The van der Waals surface area contributed by atoms with Crippen LogP contribution in [0, 0.1) is 22.7 Å². The summed E-state index contributed by atoms with van der Waals surface area (Å²) in [6, 6.07) is 3.58. The van der Waals surface area contributed by atoms with Crippen LogP contribution >= 0.6 is 0 Å². The summed E-state index contributed by atoms with van der Waals surface area (Å²) in [6.45, 7) is 6.35. The zero-order valence-corrected chi connectivity index (χ0v) is 17.8. The Morgan fingerprint density at radius 1 is 1.33 bits per heavy atom. The number of cyclic esters (lactones) is 1. The van der Waals surface area contributed by atoms with Crippen molar-refractivity contribution in [2.24, 2.45) is 22.7 Å². The molecule has 0 amide bonds. The summed E-state index contributed by atoms with van der Waals surface area (Å²) in [4.78, 5) is 12.3. The van der Waals surface area contributed by atoms with Gasteiger partial charge in [-0.3, -0.25) is 0 Å². The number of carbonyl (C=O) groups is 1. The standard InChI is InChI=1S/C25H30O5/c1-16-6-9-21-24(2,11-10-22(27)25(21,3)15-26)20(16)8-7-17-13-19(30-23(17)28)14-18-5-4-12-29-18/h4-8,12-14,20-22,26-27H,9-11,15H2,1-3H3/b8-7+,19-14-/t20-,21+,22-,24+,25+/m1/s1. The fraction of sp³-hybridized carbons (Fsp3) is 0.480. The summed E-state index contributed by atoms with van der Waals surface area (Å²) < 4.78 is 10.6. The summed E-state index contributed by atoms with van der Waals surface area (Å²) in [7, 11) is 0. The molecular weight excluding hydrogens is 380 g/mol. The van der Waals surface area contributed by atoms with Crippen LogP contribution in [0.5, 0.6) is 0 Å². The van der Waals surface area contributed by atoms with Gasteiger partial charge in [-0.25, -0.2) is 4.79 Å². The molecule has 5 atom stereocenters. The summed E-state index contributed by atoms with van der Waals surface area (Å²) in [5, 5.41) is 20.7. The molecule has 0 spiro atoms. The Balaban J connectivity index is 1.62. The largest absolute Gasteiger partial charge is 0.465 e. The monoisotopic (exact) mass is 410 g/mol. The molecule has 2 heterocycles. The topological polar surface area (TPSA) is 79.9 Å². The van der Waals surface area contributed by atoms with Gasteiger partial charge < -0.3 is 19.4 Å². The number of aliphatic hydroxyl groups excluding tert-OH is 2. The van der Waals surface area contributed by atoms with E-state index in [2.05, 4.69) is 26.0 Å². The Morgan fingerprint density at radius 3 is 2.83 bits per heavy atom. The molecule has 1 aromatic heterocycles. The van der Waals surface area contributed by atoms with Crippen LogP contribution in [0.15, 0.2) is 64.0 Å². The van der Waals surface area contributed by atoms with Crippen molar-refractivity contribution in [2.75, 3.05) is 6.61 Å². The van der Waals surface area contributed by atoms with Gasteiger partial charge in [0, 0.05) is 17.4 Å². The maximum absolute atomic E-state index is 12.3. The summed E-state index contributed by atoms with van der Waals surface area (Å²) in [5.41, 5.74) is 1.15. The van der Waals surface area contributed by atoms with Gasteiger partial charge in [0.1, 0.15) is 11.5 Å². The molecule has 5 heteroatoms. The molecule has 1 saturated carbocycles. The molecule has 30 heavy (non-hydrogen) atoms. The normalized spacial score (nSPS) is 37.8. The van der Waals surface area contributed by atoms with Crippen molar-refractivity contribution in [3.05, 3.63) is 65.4 Å². The lowest BCUT2D eigenvalue weighted by molar-refractivity contribution is -0.138. The van der Waals surface area contributed by atoms with E-state index in [0.29, 0.717) is 23.5 Å². The molecule has 2 N–H and O–H groups in total. The Bertz CT molecular complexity index is 935. The van der Waals surface area contributed by atoms with Crippen LogP contribution in [0.1, 0.15) is 45.8 Å². The van der Waals surface area contributed by atoms with Gasteiger partial charge in [-0.2, -0.15) is 0 Å². The molecule has 2 aliphatic carbocycles. The highest BCUT2D eigenvalue weighted by Crippen LogP contribution is 2.60. The van der Waals surface area contributed by atoms with Gasteiger partial charge in [0.2, 0.25) is 0 Å². The minimum atomic E-state index is -0.527. The van der Waals surface area contributed by atoms with Crippen molar-refractivity contribution >= 4 is 12.0 Å². The average Bonchev–Trinajstić information content (AvgIpc) is 3.34. The summed E-state index contributed by atoms with van der Waals surface area (Å²) in [5.74, 6) is 1.01. The number of esters is 1. The van der Waals surface area contributed by atoms with Crippen molar-refractivity contribution in [3.63, 3.8) is 0 Å². The van der Waals surface area contributed by atoms with Crippen LogP contribution < -0.4 is 0 Å². The van der Waals surface area contributed by atoms with Gasteiger partial charge in [-0.05, 0) is 55.7 Å². The quantitative estimate of drug-likeness (QED) is 0.568. The summed E-state index contributed by atoms with van der Waals surface area (Å²) >= 11 is 0. The van der Waals surface area contributed by atoms with Crippen LogP contribution in [0.3, 0.4) is 0 Å². The third kappa shape index (κ3) is 3.40. The lowest BCUT2D eigenvalue weighted by Gasteiger charge is -2.58. The van der Waals surface area contributed by atoms with E-state index in [9.17, 15) is 15.0 Å². The van der Waals surface area contributed by atoms with Gasteiger partial charge >= 0.3 is 5.97 Å². The van der Waals surface area contributed by atoms with Crippen molar-refractivity contribution in [3.8, 4) is 0 Å². The fourth-order valence-corrected chi connectivity index (χ4v) is 5.69. The molecule has 0 unspecified atom stereocenters. The van der Waals surface area contributed by atoms with Crippen molar-refractivity contribution in [2.45, 2.75) is 46.1 Å². The number of furan rings is 1. The van der Waals surface area contributed by atoms with Gasteiger partial charge in [-0.15, -0.1) is 0 Å². The fourth-order valence-electron chi connectivity index (χ4n) is 5.69. The van der Waals surface area contributed by atoms with E-state index < -0.39 is 11.5 Å². The number of ether oxygens (including phenoxy) is 1. The first-order chi connectivity index (χ1) is 14.3. The third-order valence-electron chi connectivity index (χ3n) is 7.57. The number of rotatable bonds is 4.